The van der Waals surface area contributed by atoms with E-state index < -0.39 is 23.2 Å². The molecule has 2 aromatic rings. The second-order valence-corrected chi connectivity index (χ2v) is 16.2. The molecular weight excluding hydrogens is 546 g/mol. The van der Waals surface area contributed by atoms with E-state index in [1.807, 2.05) is 0 Å². The van der Waals surface area contributed by atoms with Gasteiger partial charge in [-0.1, -0.05) is 0 Å². The summed E-state index contributed by atoms with van der Waals surface area (Å²) in [5.74, 6) is 0. The van der Waals surface area contributed by atoms with E-state index in [0.717, 1.165) is 0 Å². The zero-order valence-corrected chi connectivity index (χ0v) is 27.6. The predicted octanol–water partition coefficient (Wildman–Crippen LogP) is 2.74. The van der Waals surface area contributed by atoms with E-state index in [2.05, 4.69) is 83.1 Å². The van der Waals surface area contributed by atoms with Gasteiger partial charge in [-0.3, -0.25) is 0 Å². The van der Waals surface area contributed by atoms with Gasteiger partial charge in [0.25, 0.3) is 0 Å². The number of allylic oxidation sites excluding steroid dienone is 4. The molecule has 2 spiro atoms. The number of hydrogen-bond donors (Lipinski definition) is 0. The largest absolute Gasteiger partial charge is 1.00 e. The average Bonchev–Trinajstić information content (AvgIpc) is 3.36. The van der Waals surface area contributed by atoms with Gasteiger partial charge in [0.1, 0.15) is 0 Å². The number of rotatable bonds is 0. The molecule has 1 fully saturated rings. The molecule has 0 radical (unpaired) electrons. The Bertz CT molecular complexity index is 1250. The van der Waals surface area contributed by atoms with Crippen LogP contribution in [0.15, 0.2) is 11.1 Å². The molecule has 0 saturated carbocycles. The molecule has 2 atom stereocenters. The minimum absolute atomic E-state index is 0. The SMILES string of the molecule is CC1=C(C)[C]2(CC[C]3([Zr+2]2)C(C)=C(C)c2c(C)c(C)c(C)c(C)c23)c2c(C)c(C)c(C)c(C)c21.[Cl-].[Cl-]. The maximum atomic E-state index is 2.50. The average molecular weight is 587 g/mol. The number of halogens is 2. The Morgan fingerprint density at radius 1 is 0.429 bits per heavy atom. The van der Waals surface area contributed by atoms with Crippen LogP contribution in [-0.2, 0) is 29.5 Å². The van der Waals surface area contributed by atoms with Crippen LogP contribution in [0.2, 0.25) is 0 Å². The maximum absolute atomic E-state index is 2.50. The number of benzene rings is 2. The molecule has 2 aliphatic carbocycles. The molecule has 35 heavy (non-hydrogen) atoms. The van der Waals surface area contributed by atoms with Crippen LogP contribution in [0.5, 0.6) is 0 Å². The molecule has 2 aromatic carbocycles. The van der Waals surface area contributed by atoms with Crippen LogP contribution >= 0.6 is 0 Å². The summed E-state index contributed by atoms with van der Waals surface area (Å²) in [7, 11) is 0. The molecule has 1 heterocycles. The molecule has 3 aliphatic rings. The van der Waals surface area contributed by atoms with E-state index in [1.165, 1.54) is 46.2 Å². The molecule has 5 rings (SSSR count). The van der Waals surface area contributed by atoms with Gasteiger partial charge in [-0.15, -0.1) is 0 Å². The van der Waals surface area contributed by atoms with Gasteiger partial charge in [0, 0.05) is 0 Å². The van der Waals surface area contributed by atoms with Gasteiger partial charge in [-0.2, -0.15) is 0 Å². The summed E-state index contributed by atoms with van der Waals surface area (Å²) in [5.41, 5.74) is 25.7. The standard InChI is InChI=1S/C32H40.2ClH.Zr/c1-15-17(3)23(9)31-27(19(5)25(11)29(31)21(15)7)13-14-28-20(6)26(12)30-22(8)16(2)18(4)24(10)32(28)30;;;/h13-14H2,1-12H3;2*1H;/q;;;+2/p-2. The molecule has 1 aliphatic heterocycles. The first-order chi connectivity index (χ1) is 15.3. The minimum Gasteiger partial charge on any atom is -1.00 e. The molecule has 0 nitrogen and oxygen atoms in total. The van der Waals surface area contributed by atoms with Gasteiger partial charge in [0.05, 0.1) is 0 Å². The summed E-state index contributed by atoms with van der Waals surface area (Å²) in [5, 5.41) is 0. The Morgan fingerprint density at radius 2 is 0.714 bits per heavy atom. The third kappa shape index (κ3) is 3.26. The van der Waals surface area contributed by atoms with Gasteiger partial charge in [-0.25, -0.2) is 0 Å². The Morgan fingerprint density at radius 3 is 1.03 bits per heavy atom. The first-order valence-electron chi connectivity index (χ1n) is 12.7. The molecular formula is C32H40Cl2Zr. The summed E-state index contributed by atoms with van der Waals surface area (Å²) >= 11 is -0.938. The van der Waals surface area contributed by atoms with E-state index in [0.29, 0.717) is 6.25 Å². The molecule has 0 N–H and O–H groups in total. The van der Waals surface area contributed by atoms with Crippen LogP contribution in [-0.4, -0.2) is 0 Å². The van der Waals surface area contributed by atoms with Crippen molar-refractivity contribution < 1.29 is 48.0 Å². The van der Waals surface area contributed by atoms with Crippen molar-refractivity contribution in [1.82, 2.24) is 0 Å². The second kappa shape index (κ2) is 9.00. The smallest absolute Gasteiger partial charge is 1.00 e. The van der Waals surface area contributed by atoms with E-state index in [-0.39, 0.29) is 24.8 Å². The van der Waals surface area contributed by atoms with Crippen molar-refractivity contribution in [1.29, 1.82) is 0 Å². The summed E-state index contributed by atoms with van der Waals surface area (Å²) < 4.78 is 0.691. The summed E-state index contributed by atoms with van der Waals surface area (Å²) in [6.45, 7) is 28.9. The third-order valence-corrected chi connectivity index (χ3v) is 17.1. The quantitative estimate of drug-likeness (QED) is 0.446. The van der Waals surface area contributed by atoms with Gasteiger partial charge in [0.15, 0.2) is 0 Å². The molecule has 0 aromatic heterocycles. The van der Waals surface area contributed by atoms with Crippen molar-refractivity contribution in [3.63, 3.8) is 0 Å². The van der Waals surface area contributed by atoms with Gasteiger partial charge < -0.3 is 24.8 Å². The zero-order valence-electron chi connectivity index (χ0n) is 23.7. The Kier molecular flexibility index (Phi) is 7.44. The molecule has 1 saturated heterocycles. The first kappa shape index (κ1) is 28.9. The number of fused-ring (bicyclic) bond motifs is 4. The van der Waals surface area contributed by atoms with Crippen LogP contribution in [0, 0.1) is 55.4 Å². The summed E-state index contributed by atoms with van der Waals surface area (Å²) in [4.78, 5) is 0. The van der Waals surface area contributed by atoms with Crippen molar-refractivity contribution in [3.8, 4) is 0 Å². The Balaban J connectivity index is 0.00000171. The van der Waals surface area contributed by atoms with E-state index in [4.69, 9.17) is 0 Å². The molecule has 186 valence electrons. The first-order valence-corrected chi connectivity index (χ1v) is 15.2. The predicted molar refractivity (Wildman–Crippen MR) is 140 cm³/mol. The Hall–Kier alpha value is -0.617. The van der Waals surface area contributed by atoms with Crippen LogP contribution < -0.4 is 24.8 Å². The van der Waals surface area contributed by atoms with Crippen molar-refractivity contribution in [2.45, 2.75) is 102 Å². The van der Waals surface area contributed by atoms with Crippen molar-refractivity contribution in [2.24, 2.45) is 0 Å². The van der Waals surface area contributed by atoms with Crippen molar-refractivity contribution >= 4 is 11.1 Å². The Labute approximate surface area is 237 Å². The van der Waals surface area contributed by atoms with Crippen LogP contribution in [0.3, 0.4) is 0 Å². The fourth-order valence-corrected chi connectivity index (χ4v) is 14.8. The van der Waals surface area contributed by atoms with E-state index >= 15 is 0 Å². The molecule has 0 bridgehead atoms. The van der Waals surface area contributed by atoms with Crippen molar-refractivity contribution in [2.75, 3.05) is 0 Å². The van der Waals surface area contributed by atoms with Gasteiger partial charge in [-0.05, 0) is 0 Å². The van der Waals surface area contributed by atoms with Crippen LogP contribution in [0.25, 0.3) is 11.1 Å². The van der Waals surface area contributed by atoms with Crippen LogP contribution in [0.4, 0.5) is 0 Å². The zero-order chi connectivity index (χ0) is 24.4. The molecule has 0 amide bonds. The van der Waals surface area contributed by atoms with E-state index in [9.17, 15) is 0 Å². The minimum atomic E-state index is -0.938. The second-order valence-electron chi connectivity index (χ2n) is 11.4. The topological polar surface area (TPSA) is 0 Å². The van der Waals surface area contributed by atoms with Crippen LogP contribution in [0.1, 0.15) is 107 Å². The molecule has 3 heteroatoms. The fourth-order valence-electron chi connectivity index (χ4n) is 7.82. The molecule has 2 unspecified atom stereocenters. The monoisotopic (exact) mass is 584 g/mol. The third-order valence-electron chi connectivity index (χ3n) is 10.7. The van der Waals surface area contributed by atoms with E-state index in [1.54, 1.807) is 55.7 Å². The normalized spacial score (nSPS) is 23.9. The van der Waals surface area contributed by atoms with Gasteiger partial charge in [0.2, 0.25) is 0 Å². The fraction of sp³-hybridized carbons (Fsp3) is 0.500. The van der Waals surface area contributed by atoms with Gasteiger partial charge >= 0.3 is 214 Å². The number of hydrogen-bond acceptors (Lipinski definition) is 0. The maximum Gasteiger partial charge on any atom is -1.00 e. The summed E-state index contributed by atoms with van der Waals surface area (Å²) in [6.07, 6.45) is 2.68. The summed E-state index contributed by atoms with van der Waals surface area (Å²) in [6, 6.07) is 0. The van der Waals surface area contributed by atoms with Crippen molar-refractivity contribution in [3.05, 3.63) is 77.9 Å².